The minimum absolute atomic E-state index is 0.0704. The quantitative estimate of drug-likeness (QED) is 0.472. The van der Waals surface area contributed by atoms with E-state index in [0.717, 1.165) is 5.56 Å². The zero-order chi connectivity index (χ0) is 23.6. The van der Waals surface area contributed by atoms with Gasteiger partial charge in [-0.25, -0.2) is 4.39 Å². The van der Waals surface area contributed by atoms with Crippen LogP contribution in [0, 0.1) is 5.82 Å². The second-order valence-electron chi connectivity index (χ2n) is 7.46. The molecule has 0 saturated carbocycles. The number of hydrogen-bond donors (Lipinski definition) is 1. The standard InChI is InChI=1S/C26H26ClFN2O3/c1-2-29-26(32)24(15-19-9-4-3-5-10-19)30(17-20-11-6-7-14-23(20)28)25(31)18-33-22-13-8-12-21(27)16-22/h3-14,16,24H,2,15,17-18H2,1H3,(H,29,32)/t24-/m0/s1. The number of likely N-dealkylation sites (N-methyl/N-ethyl adjacent to an activating group) is 1. The molecule has 0 aliphatic heterocycles. The number of rotatable bonds is 10. The largest absolute Gasteiger partial charge is 0.484 e. The highest BCUT2D eigenvalue weighted by atomic mass is 35.5. The summed E-state index contributed by atoms with van der Waals surface area (Å²) in [6, 6.07) is 21.5. The van der Waals surface area contributed by atoms with Crippen LogP contribution in [0.15, 0.2) is 78.9 Å². The number of nitrogens with one attached hydrogen (secondary N) is 1. The lowest BCUT2D eigenvalue weighted by molar-refractivity contribution is -0.142. The number of amides is 2. The summed E-state index contributed by atoms with van der Waals surface area (Å²) in [6.07, 6.45) is 0.282. The second-order valence-corrected chi connectivity index (χ2v) is 7.90. The molecule has 0 spiro atoms. The van der Waals surface area contributed by atoms with Gasteiger partial charge in [-0.1, -0.05) is 66.2 Å². The van der Waals surface area contributed by atoms with Crippen molar-refractivity contribution in [2.45, 2.75) is 25.9 Å². The molecule has 3 aromatic rings. The molecule has 0 aliphatic rings. The van der Waals surface area contributed by atoms with E-state index >= 15 is 0 Å². The Labute approximate surface area is 198 Å². The molecule has 33 heavy (non-hydrogen) atoms. The van der Waals surface area contributed by atoms with E-state index in [-0.39, 0.29) is 25.5 Å². The molecule has 7 heteroatoms. The maximum atomic E-state index is 14.5. The maximum absolute atomic E-state index is 14.5. The van der Waals surface area contributed by atoms with Crippen molar-refractivity contribution in [1.29, 1.82) is 0 Å². The van der Waals surface area contributed by atoms with Gasteiger partial charge in [0, 0.05) is 30.1 Å². The second kappa shape index (κ2) is 12.0. The third-order valence-electron chi connectivity index (χ3n) is 5.08. The highest BCUT2D eigenvalue weighted by Gasteiger charge is 2.31. The molecule has 0 fully saturated rings. The van der Waals surface area contributed by atoms with Gasteiger partial charge in [-0.3, -0.25) is 9.59 Å². The van der Waals surface area contributed by atoms with E-state index in [0.29, 0.717) is 22.9 Å². The molecule has 0 bridgehead atoms. The third-order valence-corrected chi connectivity index (χ3v) is 5.31. The first-order valence-corrected chi connectivity index (χ1v) is 11.1. The third kappa shape index (κ3) is 7.05. The van der Waals surface area contributed by atoms with Crippen molar-refractivity contribution in [3.05, 3.63) is 101 Å². The number of ether oxygens (including phenoxy) is 1. The molecule has 0 aliphatic carbocycles. The molecule has 0 radical (unpaired) electrons. The zero-order valence-electron chi connectivity index (χ0n) is 18.3. The van der Waals surface area contributed by atoms with E-state index in [1.54, 1.807) is 42.5 Å². The van der Waals surface area contributed by atoms with Gasteiger partial charge in [0.25, 0.3) is 5.91 Å². The van der Waals surface area contributed by atoms with Crippen LogP contribution in [0.4, 0.5) is 4.39 Å². The minimum Gasteiger partial charge on any atom is -0.484 e. The zero-order valence-corrected chi connectivity index (χ0v) is 19.1. The van der Waals surface area contributed by atoms with Gasteiger partial charge in [0.1, 0.15) is 17.6 Å². The van der Waals surface area contributed by atoms with Gasteiger partial charge in [0.15, 0.2) is 6.61 Å². The monoisotopic (exact) mass is 468 g/mol. The lowest BCUT2D eigenvalue weighted by Gasteiger charge is -2.31. The molecule has 1 atom stereocenters. The van der Waals surface area contributed by atoms with Crippen LogP contribution in [0.1, 0.15) is 18.1 Å². The van der Waals surface area contributed by atoms with Gasteiger partial charge in [-0.15, -0.1) is 0 Å². The molecule has 0 saturated heterocycles. The Morgan fingerprint density at radius 1 is 1.03 bits per heavy atom. The lowest BCUT2D eigenvalue weighted by Crippen LogP contribution is -2.51. The molecule has 3 aromatic carbocycles. The summed E-state index contributed by atoms with van der Waals surface area (Å²) >= 11 is 5.99. The first-order chi connectivity index (χ1) is 16.0. The smallest absolute Gasteiger partial charge is 0.261 e. The van der Waals surface area contributed by atoms with Crippen molar-refractivity contribution in [2.75, 3.05) is 13.2 Å². The van der Waals surface area contributed by atoms with Crippen molar-refractivity contribution in [3.8, 4) is 5.75 Å². The fourth-order valence-electron chi connectivity index (χ4n) is 3.44. The van der Waals surface area contributed by atoms with Crippen molar-refractivity contribution < 1.29 is 18.7 Å². The van der Waals surface area contributed by atoms with Gasteiger partial charge in [-0.05, 0) is 36.8 Å². The van der Waals surface area contributed by atoms with E-state index in [2.05, 4.69) is 5.32 Å². The Balaban J connectivity index is 1.90. The molecule has 5 nitrogen and oxygen atoms in total. The highest BCUT2D eigenvalue weighted by molar-refractivity contribution is 6.30. The van der Waals surface area contributed by atoms with Crippen LogP contribution in [-0.2, 0) is 22.6 Å². The highest BCUT2D eigenvalue weighted by Crippen LogP contribution is 2.19. The van der Waals surface area contributed by atoms with Crippen LogP contribution < -0.4 is 10.1 Å². The van der Waals surface area contributed by atoms with Crippen molar-refractivity contribution in [1.82, 2.24) is 10.2 Å². The Hall–Kier alpha value is -3.38. The Kier molecular flexibility index (Phi) is 8.84. The lowest BCUT2D eigenvalue weighted by atomic mass is 10.0. The van der Waals surface area contributed by atoms with Crippen molar-refractivity contribution in [2.24, 2.45) is 0 Å². The summed E-state index contributed by atoms with van der Waals surface area (Å²) in [5.41, 5.74) is 1.20. The van der Waals surface area contributed by atoms with E-state index in [4.69, 9.17) is 16.3 Å². The van der Waals surface area contributed by atoms with Crippen LogP contribution in [0.2, 0.25) is 5.02 Å². The number of carbonyl (C=O) groups is 2. The number of hydrogen-bond acceptors (Lipinski definition) is 3. The van der Waals surface area contributed by atoms with E-state index in [1.807, 2.05) is 37.3 Å². The summed E-state index contributed by atoms with van der Waals surface area (Å²) in [7, 11) is 0. The Morgan fingerprint density at radius 2 is 1.76 bits per heavy atom. The van der Waals surface area contributed by atoms with E-state index in [9.17, 15) is 14.0 Å². The Bertz CT molecular complexity index is 1080. The summed E-state index contributed by atoms with van der Waals surface area (Å²) in [4.78, 5) is 27.7. The first kappa shape index (κ1) is 24.3. The first-order valence-electron chi connectivity index (χ1n) is 10.7. The minimum atomic E-state index is -0.845. The van der Waals surface area contributed by atoms with Gasteiger partial charge in [-0.2, -0.15) is 0 Å². The maximum Gasteiger partial charge on any atom is 0.261 e. The number of nitrogens with zero attached hydrogens (tertiary/aromatic N) is 1. The van der Waals surface area contributed by atoms with Crippen LogP contribution >= 0.6 is 11.6 Å². The van der Waals surface area contributed by atoms with Crippen LogP contribution in [-0.4, -0.2) is 35.9 Å². The molecular weight excluding hydrogens is 443 g/mol. The summed E-state index contributed by atoms with van der Waals surface area (Å²) in [5.74, 6) is -0.765. The number of halogens is 2. The summed E-state index contributed by atoms with van der Waals surface area (Å²) in [6.45, 7) is 1.83. The molecule has 0 unspecified atom stereocenters. The molecule has 3 rings (SSSR count). The Morgan fingerprint density at radius 3 is 2.45 bits per heavy atom. The SMILES string of the molecule is CCNC(=O)[C@H](Cc1ccccc1)N(Cc1ccccc1F)C(=O)COc1cccc(Cl)c1. The molecule has 172 valence electrons. The van der Waals surface area contributed by atoms with Crippen molar-refractivity contribution in [3.63, 3.8) is 0 Å². The molecule has 1 N–H and O–H groups in total. The average Bonchev–Trinajstić information content (AvgIpc) is 2.82. The summed E-state index contributed by atoms with van der Waals surface area (Å²) in [5, 5.41) is 3.28. The van der Waals surface area contributed by atoms with Gasteiger partial charge >= 0.3 is 0 Å². The summed E-state index contributed by atoms with van der Waals surface area (Å²) < 4.78 is 20.1. The van der Waals surface area contributed by atoms with Gasteiger partial charge in [0.05, 0.1) is 0 Å². The predicted octanol–water partition coefficient (Wildman–Crippen LogP) is 4.63. The van der Waals surface area contributed by atoms with Gasteiger partial charge < -0.3 is 15.0 Å². The number of benzene rings is 3. The predicted molar refractivity (Wildman–Crippen MR) is 127 cm³/mol. The molecular formula is C26H26ClFN2O3. The van der Waals surface area contributed by atoms with E-state index in [1.165, 1.54) is 11.0 Å². The fourth-order valence-corrected chi connectivity index (χ4v) is 3.62. The molecule has 0 heterocycles. The van der Waals surface area contributed by atoms with E-state index < -0.39 is 17.8 Å². The van der Waals surface area contributed by atoms with Crippen LogP contribution in [0.3, 0.4) is 0 Å². The van der Waals surface area contributed by atoms with Crippen molar-refractivity contribution >= 4 is 23.4 Å². The average molecular weight is 469 g/mol. The normalized spacial score (nSPS) is 11.5. The van der Waals surface area contributed by atoms with Crippen LogP contribution in [0.25, 0.3) is 0 Å². The van der Waals surface area contributed by atoms with Gasteiger partial charge in [0.2, 0.25) is 5.91 Å². The van der Waals surface area contributed by atoms with Crippen LogP contribution in [0.5, 0.6) is 5.75 Å². The number of carbonyl (C=O) groups excluding carboxylic acids is 2. The fraction of sp³-hybridized carbons (Fsp3) is 0.231. The topological polar surface area (TPSA) is 58.6 Å². The molecule has 0 aromatic heterocycles. The molecule has 2 amide bonds.